The highest BCUT2D eigenvalue weighted by Crippen LogP contribution is 2.26. The Morgan fingerprint density at radius 3 is 3.00 bits per heavy atom. The molecule has 0 radical (unpaired) electrons. The molecule has 5 nitrogen and oxygen atoms in total. The predicted octanol–water partition coefficient (Wildman–Crippen LogP) is 1.05. The summed E-state index contributed by atoms with van der Waals surface area (Å²) >= 11 is 0. The molecule has 0 atom stereocenters. The minimum Gasteiger partial charge on any atom is -0.496 e. The lowest BCUT2D eigenvalue weighted by atomic mass is 10.1. The van der Waals surface area contributed by atoms with E-state index in [0.29, 0.717) is 30.2 Å². The number of anilines is 1. The molecule has 1 heterocycles. The fourth-order valence-electron chi connectivity index (χ4n) is 1.68. The fraction of sp³-hybridized carbons (Fsp3) is 0.364. The van der Waals surface area contributed by atoms with Crippen LogP contribution in [0.2, 0.25) is 0 Å². The van der Waals surface area contributed by atoms with Gasteiger partial charge in [0.05, 0.1) is 20.3 Å². The van der Waals surface area contributed by atoms with E-state index in [-0.39, 0.29) is 5.91 Å². The van der Waals surface area contributed by atoms with Gasteiger partial charge in [0.2, 0.25) is 0 Å². The Bertz CT molecular complexity index is 400. The molecular formula is C11H14N2O3. The largest absolute Gasteiger partial charge is 0.496 e. The van der Waals surface area contributed by atoms with Gasteiger partial charge in [-0.15, -0.1) is 0 Å². The number of hydrogen-bond acceptors (Lipinski definition) is 4. The average Bonchev–Trinajstić information content (AvgIpc) is 2.81. The molecule has 5 heteroatoms. The first-order valence-electron chi connectivity index (χ1n) is 5.11. The molecule has 0 unspecified atom stereocenters. The van der Waals surface area contributed by atoms with Gasteiger partial charge in [-0.25, -0.2) is 5.06 Å². The Kier molecular flexibility index (Phi) is 2.96. The summed E-state index contributed by atoms with van der Waals surface area (Å²) in [5.74, 6) is 0.230. The summed E-state index contributed by atoms with van der Waals surface area (Å²) in [4.78, 5) is 17.3. The quantitative estimate of drug-likeness (QED) is 0.760. The molecule has 1 aromatic rings. The fourth-order valence-corrected chi connectivity index (χ4v) is 1.68. The van der Waals surface area contributed by atoms with Crippen LogP contribution in [0.5, 0.6) is 5.75 Å². The van der Waals surface area contributed by atoms with Crippen molar-refractivity contribution >= 4 is 11.6 Å². The van der Waals surface area contributed by atoms with E-state index in [1.807, 2.05) is 0 Å². The van der Waals surface area contributed by atoms with E-state index in [2.05, 4.69) is 0 Å². The van der Waals surface area contributed by atoms with E-state index in [1.54, 1.807) is 18.2 Å². The lowest BCUT2D eigenvalue weighted by molar-refractivity contribution is -0.0769. The Hall–Kier alpha value is -1.75. The van der Waals surface area contributed by atoms with Crippen LogP contribution >= 0.6 is 0 Å². The number of nitrogens with zero attached hydrogens (tertiary/aromatic N) is 1. The zero-order valence-corrected chi connectivity index (χ0v) is 9.10. The molecule has 1 aromatic carbocycles. The Morgan fingerprint density at radius 2 is 2.38 bits per heavy atom. The lowest BCUT2D eigenvalue weighted by Gasteiger charge is -2.17. The number of amides is 1. The highest BCUT2D eigenvalue weighted by Gasteiger charge is 2.25. The molecule has 1 saturated heterocycles. The van der Waals surface area contributed by atoms with Crippen molar-refractivity contribution in [1.82, 2.24) is 5.06 Å². The van der Waals surface area contributed by atoms with E-state index >= 15 is 0 Å². The Morgan fingerprint density at radius 1 is 1.56 bits per heavy atom. The van der Waals surface area contributed by atoms with Crippen LogP contribution in [0.3, 0.4) is 0 Å². The molecule has 16 heavy (non-hydrogen) atoms. The van der Waals surface area contributed by atoms with Gasteiger partial charge >= 0.3 is 0 Å². The van der Waals surface area contributed by atoms with Crippen LogP contribution < -0.4 is 10.5 Å². The van der Waals surface area contributed by atoms with Gasteiger partial charge in [0.25, 0.3) is 5.91 Å². The zero-order chi connectivity index (χ0) is 11.5. The van der Waals surface area contributed by atoms with Crippen LogP contribution in [0.4, 0.5) is 5.69 Å². The molecule has 2 N–H and O–H groups in total. The second kappa shape index (κ2) is 4.40. The van der Waals surface area contributed by atoms with Crippen molar-refractivity contribution in [3.05, 3.63) is 23.8 Å². The number of carbonyl (C=O) groups is 1. The third-order valence-electron chi connectivity index (χ3n) is 2.47. The maximum Gasteiger partial charge on any atom is 0.283 e. The van der Waals surface area contributed by atoms with Crippen LogP contribution in [0, 0.1) is 0 Å². The molecule has 2 rings (SSSR count). The van der Waals surface area contributed by atoms with Gasteiger partial charge in [-0.05, 0) is 18.6 Å². The Balaban J connectivity index is 2.34. The van der Waals surface area contributed by atoms with Crippen LogP contribution in [-0.4, -0.2) is 31.2 Å². The smallest absolute Gasteiger partial charge is 0.283 e. The number of hydroxylamine groups is 2. The van der Waals surface area contributed by atoms with Crippen molar-refractivity contribution in [2.75, 3.05) is 26.0 Å². The van der Waals surface area contributed by atoms with Gasteiger partial charge in [-0.3, -0.25) is 9.63 Å². The van der Waals surface area contributed by atoms with E-state index in [0.717, 1.165) is 6.42 Å². The number of hydrogen-bond donors (Lipinski definition) is 1. The molecule has 1 amide bonds. The number of nitrogen functional groups attached to an aromatic ring is 1. The van der Waals surface area contributed by atoms with Crippen molar-refractivity contribution in [1.29, 1.82) is 0 Å². The predicted molar refractivity (Wildman–Crippen MR) is 59.0 cm³/mol. The molecular weight excluding hydrogens is 208 g/mol. The van der Waals surface area contributed by atoms with Crippen LogP contribution in [0.25, 0.3) is 0 Å². The van der Waals surface area contributed by atoms with E-state index in [9.17, 15) is 4.79 Å². The normalized spacial score (nSPS) is 15.2. The number of benzene rings is 1. The van der Waals surface area contributed by atoms with E-state index in [1.165, 1.54) is 12.2 Å². The van der Waals surface area contributed by atoms with Gasteiger partial charge in [0.15, 0.2) is 0 Å². The highest BCUT2D eigenvalue weighted by molar-refractivity contribution is 6.01. The minimum atomic E-state index is -0.243. The van der Waals surface area contributed by atoms with Crippen molar-refractivity contribution in [3.63, 3.8) is 0 Å². The molecule has 0 saturated carbocycles. The maximum absolute atomic E-state index is 12.1. The van der Waals surface area contributed by atoms with Crippen molar-refractivity contribution in [2.24, 2.45) is 0 Å². The number of carbonyl (C=O) groups excluding carboxylic acids is 1. The summed E-state index contributed by atoms with van der Waals surface area (Å²) in [7, 11) is 1.51. The van der Waals surface area contributed by atoms with E-state index < -0.39 is 0 Å². The highest BCUT2D eigenvalue weighted by atomic mass is 16.7. The lowest BCUT2D eigenvalue weighted by Crippen LogP contribution is -2.27. The second-order valence-electron chi connectivity index (χ2n) is 3.52. The zero-order valence-electron chi connectivity index (χ0n) is 9.10. The summed E-state index contributed by atoms with van der Waals surface area (Å²) < 4.78 is 5.12. The first-order chi connectivity index (χ1) is 7.74. The van der Waals surface area contributed by atoms with Gasteiger partial charge in [-0.1, -0.05) is 6.07 Å². The third kappa shape index (κ3) is 1.81. The van der Waals surface area contributed by atoms with Crippen molar-refractivity contribution < 1.29 is 14.4 Å². The molecule has 0 aromatic heterocycles. The SMILES string of the molecule is COc1cccc(N)c1C(=O)N1CCCO1. The topological polar surface area (TPSA) is 64.8 Å². The monoisotopic (exact) mass is 222 g/mol. The first-order valence-corrected chi connectivity index (χ1v) is 5.11. The number of ether oxygens (including phenoxy) is 1. The van der Waals surface area contributed by atoms with Crippen molar-refractivity contribution in [3.8, 4) is 5.75 Å². The molecule has 0 spiro atoms. The molecule has 0 aliphatic carbocycles. The summed E-state index contributed by atoms with van der Waals surface area (Å²) in [5, 5.41) is 1.33. The van der Waals surface area contributed by atoms with Crippen molar-refractivity contribution in [2.45, 2.75) is 6.42 Å². The summed E-state index contributed by atoms with van der Waals surface area (Å²) in [5.41, 5.74) is 6.55. The van der Waals surface area contributed by atoms with Crippen LogP contribution in [-0.2, 0) is 4.84 Å². The summed E-state index contributed by atoms with van der Waals surface area (Å²) in [6, 6.07) is 5.13. The number of rotatable bonds is 2. The molecule has 86 valence electrons. The maximum atomic E-state index is 12.1. The van der Waals surface area contributed by atoms with E-state index in [4.69, 9.17) is 15.3 Å². The average molecular weight is 222 g/mol. The van der Waals surface area contributed by atoms with Crippen LogP contribution in [0.1, 0.15) is 16.8 Å². The standard InChI is InChI=1S/C11H14N2O3/c1-15-9-5-2-4-8(12)10(9)11(14)13-6-3-7-16-13/h2,4-5H,3,6-7,12H2,1H3. The first kappa shape index (κ1) is 10.8. The number of nitrogens with two attached hydrogens (primary N) is 1. The van der Waals surface area contributed by atoms with Gasteiger partial charge < -0.3 is 10.5 Å². The van der Waals surface area contributed by atoms with Gasteiger partial charge in [0, 0.05) is 5.69 Å². The Labute approximate surface area is 93.7 Å². The van der Waals surface area contributed by atoms with Crippen LogP contribution in [0.15, 0.2) is 18.2 Å². The third-order valence-corrected chi connectivity index (χ3v) is 2.47. The molecule has 0 bridgehead atoms. The minimum absolute atomic E-state index is 0.243. The molecule has 1 aliphatic heterocycles. The summed E-state index contributed by atoms with van der Waals surface area (Å²) in [6.45, 7) is 1.16. The summed E-state index contributed by atoms with van der Waals surface area (Å²) in [6.07, 6.45) is 0.848. The molecule has 1 aliphatic rings. The van der Waals surface area contributed by atoms with Gasteiger partial charge in [0.1, 0.15) is 11.3 Å². The number of methoxy groups -OCH3 is 1. The molecule has 1 fully saturated rings. The second-order valence-corrected chi connectivity index (χ2v) is 3.52. The van der Waals surface area contributed by atoms with Gasteiger partial charge in [-0.2, -0.15) is 0 Å².